The van der Waals surface area contributed by atoms with Crippen molar-refractivity contribution in [1.82, 2.24) is 9.88 Å². The highest BCUT2D eigenvalue weighted by molar-refractivity contribution is 7.80. The second kappa shape index (κ2) is 7.15. The molecular weight excluding hydrogens is 445 g/mol. The van der Waals surface area contributed by atoms with Gasteiger partial charge < -0.3 is 9.88 Å². The Labute approximate surface area is 194 Å². The van der Waals surface area contributed by atoms with Gasteiger partial charge in [0.1, 0.15) is 11.9 Å². The number of H-pyrrole nitrogens is 1. The number of aromatic amines is 1. The van der Waals surface area contributed by atoms with Gasteiger partial charge in [0.15, 0.2) is 5.11 Å². The SMILES string of the molecule is O=C1[C@H]2Cc3c([nH]c4ccccc34)[C@H](c3ccccc3)N2C(=S)N1c1ccc(F)c(Cl)c1. The Balaban J connectivity index is 1.54. The fraction of sp³-hybridized carbons (Fsp3) is 0.120. The minimum atomic E-state index is -0.533. The number of anilines is 1. The van der Waals surface area contributed by atoms with Gasteiger partial charge >= 0.3 is 0 Å². The maximum atomic E-state index is 13.8. The zero-order valence-corrected chi connectivity index (χ0v) is 18.3. The van der Waals surface area contributed by atoms with Crippen LogP contribution in [0.25, 0.3) is 10.9 Å². The van der Waals surface area contributed by atoms with Crippen molar-refractivity contribution in [3.63, 3.8) is 0 Å². The molecule has 1 aromatic heterocycles. The number of amides is 1. The molecule has 1 saturated heterocycles. The summed E-state index contributed by atoms with van der Waals surface area (Å²) in [5.74, 6) is -0.663. The quantitative estimate of drug-likeness (QED) is 0.394. The Morgan fingerprint density at radius 2 is 1.78 bits per heavy atom. The lowest BCUT2D eigenvalue weighted by Gasteiger charge is -2.37. The van der Waals surface area contributed by atoms with Gasteiger partial charge in [-0.1, -0.05) is 60.1 Å². The summed E-state index contributed by atoms with van der Waals surface area (Å²) in [7, 11) is 0. The predicted molar refractivity (Wildman–Crippen MR) is 127 cm³/mol. The number of fused-ring (bicyclic) bond motifs is 4. The summed E-state index contributed by atoms with van der Waals surface area (Å²) in [6, 6.07) is 21.7. The number of nitrogens with one attached hydrogen (secondary N) is 1. The first-order chi connectivity index (χ1) is 15.5. The molecule has 1 N–H and O–H groups in total. The standard InChI is InChI=1S/C25H17ClFN3OS/c26-18-12-15(10-11-19(18)27)29-24(31)21-13-17-16-8-4-5-9-20(16)28-22(17)23(30(21)25(29)32)14-6-2-1-3-7-14/h1-12,21,23,28H,13H2/t21-,23+/m1/s1. The highest BCUT2D eigenvalue weighted by atomic mass is 35.5. The number of rotatable bonds is 2. The van der Waals surface area contributed by atoms with Crippen LogP contribution in [0, 0.1) is 5.82 Å². The average Bonchev–Trinajstić information content (AvgIpc) is 3.30. The number of benzene rings is 3. The number of para-hydroxylation sites is 1. The molecule has 0 saturated carbocycles. The largest absolute Gasteiger partial charge is 0.356 e. The third-order valence-electron chi connectivity index (χ3n) is 6.33. The fourth-order valence-electron chi connectivity index (χ4n) is 4.92. The van der Waals surface area contributed by atoms with Crippen LogP contribution in [0.15, 0.2) is 72.8 Å². The summed E-state index contributed by atoms with van der Waals surface area (Å²) in [5, 5.41) is 1.46. The van der Waals surface area contributed by atoms with E-state index >= 15 is 0 Å². The van der Waals surface area contributed by atoms with Crippen LogP contribution in [0.2, 0.25) is 5.02 Å². The Morgan fingerprint density at radius 1 is 1.03 bits per heavy atom. The number of carbonyl (C=O) groups is 1. The van der Waals surface area contributed by atoms with Gasteiger partial charge in [0.2, 0.25) is 0 Å². The van der Waals surface area contributed by atoms with Crippen LogP contribution in [-0.4, -0.2) is 26.9 Å². The maximum absolute atomic E-state index is 13.8. The molecule has 4 aromatic rings. The minimum Gasteiger partial charge on any atom is -0.356 e. The van der Waals surface area contributed by atoms with E-state index in [1.54, 1.807) is 0 Å². The molecule has 32 heavy (non-hydrogen) atoms. The molecule has 3 aromatic carbocycles. The van der Waals surface area contributed by atoms with E-state index in [4.69, 9.17) is 23.8 Å². The smallest absolute Gasteiger partial charge is 0.256 e. The molecule has 2 aliphatic rings. The molecule has 1 fully saturated rings. The number of thiocarbonyl (C=S) groups is 1. The first-order valence-corrected chi connectivity index (χ1v) is 11.1. The van der Waals surface area contributed by atoms with E-state index in [2.05, 4.69) is 11.1 Å². The summed E-state index contributed by atoms with van der Waals surface area (Å²) in [6.07, 6.45) is 0.535. The minimum absolute atomic E-state index is 0.0428. The lowest BCUT2D eigenvalue weighted by Crippen LogP contribution is -2.44. The van der Waals surface area contributed by atoms with E-state index in [-0.39, 0.29) is 17.0 Å². The first kappa shape index (κ1) is 19.5. The number of nitrogens with zero attached hydrogens (tertiary/aromatic N) is 2. The highest BCUT2D eigenvalue weighted by Crippen LogP contribution is 2.45. The van der Waals surface area contributed by atoms with Crippen molar-refractivity contribution in [1.29, 1.82) is 0 Å². The van der Waals surface area contributed by atoms with Gasteiger partial charge in [-0.05, 0) is 47.6 Å². The molecule has 158 valence electrons. The Bertz CT molecular complexity index is 1400. The molecule has 6 rings (SSSR count). The van der Waals surface area contributed by atoms with Crippen molar-refractivity contribution >= 4 is 51.4 Å². The van der Waals surface area contributed by atoms with Crippen LogP contribution in [0.1, 0.15) is 22.9 Å². The van der Waals surface area contributed by atoms with Crippen LogP contribution < -0.4 is 4.90 Å². The van der Waals surface area contributed by atoms with Crippen molar-refractivity contribution in [2.75, 3.05) is 4.90 Å². The lowest BCUT2D eigenvalue weighted by atomic mass is 9.89. The molecule has 3 heterocycles. The molecule has 0 bridgehead atoms. The molecule has 0 aliphatic carbocycles. The second-order valence-corrected chi connectivity index (χ2v) is 8.83. The lowest BCUT2D eigenvalue weighted by molar-refractivity contribution is -0.120. The van der Waals surface area contributed by atoms with Gasteiger partial charge in [-0.3, -0.25) is 9.69 Å². The van der Waals surface area contributed by atoms with Crippen LogP contribution in [0.5, 0.6) is 0 Å². The second-order valence-electron chi connectivity index (χ2n) is 8.06. The van der Waals surface area contributed by atoms with E-state index in [0.717, 1.165) is 27.7 Å². The number of halogens is 2. The summed E-state index contributed by atoms with van der Waals surface area (Å²) >= 11 is 11.9. The molecule has 2 atom stereocenters. The van der Waals surface area contributed by atoms with Crippen LogP contribution in [0.4, 0.5) is 10.1 Å². The van der Waals surface area contributed by atoms with Gasteiger partial charge in [-0.2, -0.15) is 0 Å². The van der Waals surface area contributed by atoms with E-state index in [9.17, 15) is 9.18 Å². The van der Waals surface area contributed by atoms with Gasteiger partial charge in [0.05, 0.1) is 16.8 Å². The number of hydrogen-bond acceptors (Lipinski definition) is 2. The van der Waals surface area contributed by atoms with E-state index in [1.165, 1.54) is 23.1 Å². The molecule has 4 nitrogen and oxygen atoms in total. The molecule has 2 aliphatic heterocycles. The number of aromatic nitrogens is 1. The van der Waals surface area contributed by atoms with Crippen molar-refractivity contribution in [3.05, 3.63) is 100 Å². The van der Waals surface area contributed by atoms with Crippen molar-refractivity contribution in [3.8, 4) is 0 Å². The topological polar surface area (TPSA) is 39.3 Å². The molecule has 0 spiro atoms. The van der Waals surface area contributed by atoms with Crippen molar-refractivity contribution < 1.29 is 9.18 Å². The van der Waals surface area contributed by atoms with E-state index in [0.29, 0.717) is 17.2 Å². The monoisotopic (exact) mass is 461 g/mol. The molecule has 0 unspecified atom stereocenters. The number of hydrogen-bond donors (Lipinski definition) is 1. The summed E-state index contributed by atoms with van der Waals surface area (Å²) < 4.78 is 13.8. The first-order valence-electron chi connectivity index (χ1n) is 10.3. The van der Waals surface area contributed by atoms with Crippen molar-refractivity contribution in [2.24, 2.45) is 0 Å². The van der Waals surface area contributed by atoms with Crippen molar-refractivity contribution in [2.45, 2.75) is 18.5 Å². The Hall–Kier alpha value is -3.22. The van der Waals surface area contributed by atoms with Crippen LogP contribution in [-0.2, 0) is 11.2 Å². The van der Waals surface area contributed by atoms with Gasteiger partial charge in [-0.15, -0.1) is 0 Å². The zero-order valence-electron chi connectivity index (χ0n) is 16.8. The van der Waals surface area contributed by atoms with Gasteiger partial charge in [-0.25, -0.2) is 4.39 Å². The van der Waals surface area contributed by atoms with E-state index in [1.807, 2.05) is 53.4 Å². The molecule has 7 heteroatoms. The third-order valence-corrected chi connectivity index (χ3v) is 7.01. The number of carbonyl (C=O) groups excluding carboxylic acids is 1. The summed E-state index contributed by atoms with van der Waals surface area (Å²) in [6.45, 7) is 0. The molecular formula is C25H17ClFN3OS. The molecule has 0 radical (unpaired) electrons. The molecule has 1 amide bonds. The average molecular weight is 462 g/mol. The van der Waals surface area contributed by atoms with E-state index < -0.39 is 11.9 Å². The predicted octanol–water partition coefficient (Wildman–Crippen LogP) is 5.61. The Morgan fingerprint density at radius 3 is 2.56 bits per heavy atom. The van der Waals surface area contributed by atoms with Crippen LogP contribution in [0.3, 0.4) is 0 Å². The third kappa shape index (κ3) is 2.73. The Kier molecular flexibility index (Phi) is 4.35. The van der Waals surface area contributed by atoms with Crippen LogP contribution >= 0.6 is 23.8 Å². The van der Waals surface area contributed by atoms with Gasteiger partial charge in [0, 0.05) is 23.0 Å². The normalized spacial score (nSPS) is 20.1. The summed E-state index contributed by atoms with van der Waals surface area (Å²) in [5.41, 5.74) is 4.73. The maximum Gasteiger partial charge on any atom is 0.256 e. The highest BCUT2D eigenvalue weighted by Gasteiger charge is 2.51. The van der Waals surface area contributed by atoms with Gasteiger partial charge in [0.25, 0.3) is 5.91 Å². The zero-order chi connectivity index (χ0) is 22.0. The fourth-order valence-corrected chi connectivity index (χ4v) is 5.52. The summed E-state index contributed by atoms with van der Waals surface area (Å²) in [4.78, 5) is 20.7.